The highest BCUT2D eigenvalue weighted by Gasteiger charge is 2.15. The molecule has 1 aliphatic heterocycles. The van der Waals surface area contributed by atoms with Crippen molar-refractivity contribution in [1.29, 1.82) is 0 Å². The minimum absolute atomic E-state index is 0. The van der Waals surface area contributed by atoms with Gasteiger partial charge in [-0.2, -0.15) is 0 Å². The molecule has 2 N–H and O–H groups in total. The van der Waals surface area contributed by atoms with E-state index in [-0.39, 0.29) is 12.4 Å². The van der Waals surface area contributed by atoms with E-state index in [0.717, 1.165) is 18.1 Å². The van der Waals surface area contributed by atoms with Gasteiger partial charge in [0.05, 0.1) is 0 Å². The Labute approximate surface area is 115 Å². The Bertz CT molecular complexity index is 338. The molecule has 1 saturated heterocycles. The highest BCUT2D eigenvalue weighted by atomic mass is 35.5. The van der Waals surface area contributed by atoms with Gasteiger partial charge >= 0.3 is 0 Å². The molecule has 0 radical (unpaired) electrons. The molecule has 0 aliphatic carbocycles. The molecule has 0 bridgehead atoms. The Morgan fingerprint density at radius 1 is 1.35 bits per heavy atom. The van der Waals surface area contributed by atoms with Gasteiger partial charge in [-0.25, -0.2) is 0 Å². The summed E-state index contributed by atoms with van der Waals surface area (Å²) >= 11 is 5.99. The first kappa shape index (κ1) is 14.8. The Morgan fingerprint density at radius 3 is 2.71 bits per heavy atom. The van der Waals surface area contributed by atoms with Crippen LogP contribution < -0.4 is 10.6 Å². The predicted molar refractivity (Wildman–Crippen MR) is 76.1 cm³/mol. The summed E-state index contributed by atoms with van der Waals surface area (Å²) < 4.78 is 0. The van der Waals surface area contributed by atoms with E-state index in [0.29, 0.717) is 12.1 Å². The monoisotopic (exact) mass is 274 g/mol. The predicted octanol–water partition coefficient (Wildman–Crippen LogP) is 3.16. The van der Waals surface area contributed by atoms with Crippen molar-refractivity contribution in [3.63, 3.8) is 0 Å². The highest BCUT2D eigenvalue weighted by Crippen LogP contribution is 2.19. The van der Waals surface area contributed by atoms with Crippen molar-refractivity contribution in [3.8, 4) is 0 Å². The van der Waals surface area contributed by atoms with Crippen LogP contribution in [0.5, 0.6) is 0 Å². The minimum Gasteiger partial charge on any atom is -0.317 e. The zero-order valence-electron chi connectivity index (χ0n) is 10.1. The van der Waals surface area contributed by atoms with Crippen LogP contribution in [-0.4, -0.2) is 19.1 Å². The zero-order chi connectivity index (χ0) is 11.4. The van der Waals surface area contributed by atoms with Crippen molar-refractivity contribution in [3.05, 3.63) is 34.9 Å². The van der Waals surface area contributed by atoms with E-state index in [1.807, 2.05) is 18.2 Å². The largest absolute Gasteiger partial charge is 0.317 e. The van der Waals surface area contributed by atoms with Crippen LogP contribution in [0, 0.1) is 0 Å². The summed E-state index contributed by atoms with van der Waals surface area (Å²) in [6, 6.07) is 9.11. The quantitative estimate of drug-likeness (QED) is 0.885. The molecule has 0 saturated carbocycles. The van der Waals surface area contributed by atoms with Crippen LogP contribution >= 0.6 is 24.0 Å². The first-order valence-electron chi connectivity index (χ1n) is 5.98. The third-order valence-electron chi connectivity index (χ3n) is 3.17. The minimum atomic E-state index is 0. The number of halogens is 2. The molecular formula is C13H20Cl2N2. The third kappa shape index (κ3) is 4.47. The lowest BCUT2D eigenvalue weighted by Gasteiger charge is -2.27. The Kier molecular flexibility index (Phi) is 6.28. The van der Waals surface area contributed by atoms with Gasteiger partial charge in [-0.15, -0.1) is 12.4 Å². The normalized spacial score (nSPS) is 18.5. The number of nitrogens with one attached hydrogen (secondary N) is 2. The SMILES string of the molecule is CC(NC1CCNCC1)c1cccc(Cl)c1.Cl. The molecule has 1 fully saturated rings. The standard InChI is InChI=1S/C13H19ClN2.ClH/c1-10(11-3-2-4-12(14)9-11)16-13-5-7-15-8-6-13;/h2-4,9-10,13,15-16H,5-8H2,1H3;1H. The van der Waals surface area contributed by atoms with Crippen molar-refractivity contribution in [2.75, 3.05) is 13.1 Å². The topological polar surface area (TPSA) is 24.1 Å². The van der Waals surface area contributed by atoms with Gasteiger partial charge in [0.25, 0.3) is 0 Å². The van der Waals surface area contributed by atoms with E-state index >= 15 is 0 Å². The van der Waals surface area contributed by atoms with E-state index < -0.39 is 0 Å². The van der Waals surface area contributed by atoms with Crippen molar-refractivity contribution in [2.45, 2.75) is 31.8 Å². The number of hydrogen-bond acceptors (Lipinski definition) is 2. The fraction of sp³-hybridized carbons (Fsp3) is 0.538. The summed E-state index contributed by atoms with van der Waals surface area (Å²) in [5.41, 5.74) is 1.27. The molecule has 1 heterocycles. The second kappa shape index (κ2) is 7.22. The average molecular weight is 275 g/mol. The summed E-state index contributed by atoms with van der Waals surface area (Å²) in [6.45, 7) is 4.45. The van der Waals surface area contributed by atoms with Gasteiger partial charge in [-0.05, 0) is 50.6 Å². The summed E-state index contributed by atoms with van der Waals surface area (Å²) in [5.74, 6) is 0. The smallest absolute Gasteiger partial charge is 0.0409 e. The lowest BCUT2D eigenvalue weighted by Crippen LogP contribution is -2.40. The van der Waals surface area contributed by atoms with Crippen LogP contribution in [0.2, 0.25) is 5.02 Å². The zero-order valence-corrected chi connectivity index (χ0v) is 11.7. The summed E-state index contributed by atoms with van der Waals surface area (Å²) in [6.07, 6.45) is 2.43. The van der Waals surface area contributed by atoms with Gasteiger partial charge in [0.1, 0.15) is 0 Å². The fourth-order valence-electron chi connectivity index (χ4n) is 2.21. The van der Waals surface area contributed by atoms with Gasteiger partial charge in [-0.1, -0.05) is 23.7 Å². The Hall–Kier alpha value is -0.280. The van der Waals surface area contributed by atoms with E-state index in [2.05, 4.69) is 23.6 Å². The van der Waals surface area contributed by atoms with Crippen LogP contribution in [0.25, 0.3) is 0 Å². The molecule has 0 aromatic heterocycles. The van der Waals surface area contributed by atoms with Gasteiger partial charge in [0, 0.05) is 17.1 Å². The van der Waals surface area contributed by atoms with Crippen molar-refractivity contribution >= 4 is 24.0 Å². The van der Waals surface area contributed by atoms with Gasteiger partial charge in [-0.3, -0.25) is 0 Å². The van der Waals surface area contributed by atoms with Crippen LogP contribution in [0.4, 0.5) is 0 Å². The first-order valence-corrected chi connectivity index (χ1v) is 6.36. The Morgan fingerprint density at radius 2 is 2.06 bits per heavy atom. The van der Waals surface area contributed by atoms with E-state index in [9.17, 15) is 0 Å². The van der Waals surface area contributed by atoms with Crippen molar-refractivity contribution < 1.29 is 0 Å². The first-order chi connectivity index (χ1) is 7.75. The molecule has 96 valence electrons. The molecule has 1 aromatic carbocycles. The van der Waals surface area contributed by atoms with Crippen LogP contribution in [0.3, 0.4) is 0 Å². The lowest BCUT2D eigenvalue weighted by atomic mass is 10.0. The number of benzene rings is 1. The molecule has 1 aliphatic rings. The molecule has 0 amide bonds. The summed E-state index contributed by atoms with van der Waals surface area (Å²) in [7, 11) is 0. The summed E-state index contributed by atoms with van der Waals surface area (Å²) in [4.78, 5) is 0. The second-order valence-electron chi connectivity index (χ2n) is 4.47. The molecule has 1 unspecified atom stereocenters. The second-order valence-corrected chi connectivity index (χ2v) is 4.90. The Balaban J connectivity index is 0.00000144. The molecule has 1 aromatic rings. The van der Waals surface area contributed by atoms with E-state index in [1.165, 1.54) is 18.4 Å². The number of hydrogen-bond donors (Lipinski definition) is 2. The van der Waals surface area contributed by atoms with Crippen LogP contribution in [-0.2, 0) is 0 Å². The van der Waals surface area contributed by atoms with Crippen molar-refractivity contribution in [2.24, 2.45) is 0 Å². The number of rotatable bonds is 3. The maximum absolute atomic E-state index is 5.99. The van der Waals surface area contributed by atoms with E-state index in [4.69, 9.17) is 11.6 Å². The van der Waals surface area contributed by atoms with Crippen molar-refractivity contribution in [1.82, 2.24) is 10.6 Å². The number of piperidine rings is 1. The maximum Gasteiger partial charge on any atom is 0.0409 e. The average Bonchev–Trinajstić information content (AvgIpc) is 2.30. The molecule has 17 heavy (non-hydrogen) atoms. The molecular weight excluding hydrogens is 255 g/mol. The van der Waals surface area contributed by atoms with Gasteiger partial charge < -0.3 is 10.6 Å². The summed E-state index contributed by atoms with van der Waals surface area (Å²) in [5, 5.41) is 7.86. The molecule has 2 nitrogen and oxygen atoms in total. The van der Waals surface area contributed by atoms with Gasteiger partial charge in [0.15, 0.2) is 0 Å². The highest BCUT2D eigenvalue weighted by molar-refractivity contribution is 6.30. The molecule has 1 atom stereocenters. The van der Waals surface area contributed by atoms with Crippen LogP contribution in [0.1, 0.15) is 31.4 Å². The van der Waals surface area contributed by atoms with Gasteiger partial charge in [0.2, 0.25) is 0 Å². The lowest BCUT2D eigenvalue weighted by molar-refractivity contribution is 0.359. The molecule has 2 rings (SSSR count). The van der Waals surface area contributed by atoms with Crippen LogP contribution in [0.15, 0.2) is 24.3 Å². The van der Waals surface area contributed by atoms with E-state index in [1.54, 1.807) is 0 Å². The third-order valence-corrected chi connectivity index (χ3v) is 3.41. The molecule has 4 heteroatoms. The fourth-order valence-corrected chi connectivity index (χ4v) is 2.41. The maximum atomic E-state index is 5.99. The molecule has 0 spiro atoms.